The Kier molecular flexibility index (Phi) is 3.52. The summed E-state index contributed by atoms with van der Waals surface area (Å²) in [7, 11) is 0.377. The summed E-state index contributed by atoms with van der Waals surface area (Å²) in [5.74, 6) is 0. The molecule has 1 unspecified atom stereocenters. The summed E-state index contributed by atoms with van der Waals surface area (Å²) < 4.78 is 24.6. The van der Waals surface area contributed by atoms with Gasteiger partial charge in [0.15, 0.2) is 9.84 Å². The molecule has 19 heavy (non-hydrogen) atoms. The smallest absolute Gasteiger partial charge is 0.194 e. The maximum Gasteiger partial charge on any atom is 0.194 e. The lowest BCUT2D eigenvalue weighted by atomic mass is 10.1. The highest BCUT2D eigenvalue weighted by molar-refractivity contribution is 7.92. The number of rotatable bonds is 3. The van der Waals surface area contributed by atoms with Crippen LogP contribution < -0.4 is 10.6 Å². The lowest BCUT2D eigenvalue weighted by Crippen LogP contribution is -2.27. The van der Waals surface area contributed by atoms with Crippen LogP contribution in [0.1, 0.15) is 6.92 Å². The van der Waals surface area contributed by atoms with Crippen LogP contribution in [0.25, 0.3) is 10.8 Å². The van der Waals surface area contributed by atoms with Crippen molar-refractivity contribution in [2.75, 3.05) is 19.0 Å². The molecular formula is C14H18N2O2S. The Labute approximate surface area is 113 Å². The largest absolute Gasteiger partial charge is 0.377 e. The minimum Gasteiger partial charge on any atom is -0.377 e. The van der Waals surface area contributed by atoms with E-state index in [1.54, 1.807) is 12.1 Å². The summed E-state index contributed by atoms with van der Waals surface area (Å²) >= 11 is 0. The van der Waals surface area contributed by atoms with E-state index in [9.17, 15) is 8.42 Å². The van der Waals surface area contributed by atoms with Crippen LogP contribution in [-0.2, 0) is 9.84 Å². The molecule has 0 fully saturated rings. The summed E-state index contributed by atoms with van der Waals surface area (Å²) in [6.07, 6.45) is 0. The van der Waals surface area contributed by atoms with Crippen molar-refractivity contribution in [3.8, 4) is 0 Å². The number of fused-ring (bicyclic) bond motifs is 1. The Morgan fingerprint density at radius 3 is 2.21 bits per heavy atom. The molecule has 2 N–H and O–H groups in total. The lowest BCUT2D eigenvalue weighted by molar-refractivity contribution is 0.586. The Balaban J connectivity index is 2.83. The Hall–Kier alpha value is -1.59. The molecular weight excluding hydrogens is 260 g/mol. The van der Waals surface area contributed by atoms with Gasteiger partial charge >= 0.3 is 0 Å². The van der Waals surface area contributed by atoms with Crippen molar-refractivity contribution in [2.24, 2.45) is 5.73 Å². The zero-order chi connectivity index (χ0) is 14.2. The van der Waals surface area contributed by atoms with Gasteiger partial charge in [0, 0.05) is 30.6 Å². The second kappa shape index (κ2) is 4.83. The van der Waals surface area contributed by atoms with E-state index in [1.165, 1.54) is 6.92 Å². The molecule has 5 heteroatoms. The number of nitrogens with two attached hydrogens (primary N) is 1. The van der Waals surface area contributed by atoms with Crippen LogP contribution >= 0.6 is 0 Å². The van der Waals surface area contributed by atoms with Crippen molar-refractivity contribution >= 4 is 26.3 Å². The molecule has 0 aliphatic carbocycles. The van der Waals surface area contributed by atoms with Crippen molar-refractivity contribution in [3.63, 3.8) is 0 Å². The van der Waals surface area contributed by atoms with Crippen LogP contribution in [0.15, 0.2) is 41.3 Å². The van der Waals surface area contributed by atoms with Crippen LogP contribution in [0.3, 0.4) is 0 Å². The summed E-state index contributed by atoms with van der Waals surface area (Å²) in [4.78, 5) is 2.26. The van der Waals surface area contributed by atoms with Gasteiger partial charge in [-0.2, -0.15) is 0 Å². The van der Waals surface area contributed by atoms with Crippen molar-refractivity contribution in [3.05, 3.63) is 36.4 Å². The van der Waals surface area contributed by atoms with E-state index in [0.29, 0.717) is 10.3 Å². The molecule has 0 heterocycles. The number of sulfone groups is 1. The van der Waals surface area contributed by atoms with Gasteiger partial charge in [0.1, 0.15) is 5.37 Å². The van der Waals surface area contributed by atoms with Gasteiger partial charge in [0.05, 0.1) is 4.90 Å². The van der Waals surface area contributed by atoms with E-state index >= 15 is 0 Å². The standard InChI is InChI=1S/C14H18N2O2S/c1-10(15)19(17,18)14-9-5-6-11-12(14)7-4-8-13(11)16(2)3/h4-10H,15H2,1-3H3. The highest BCUT2D eigenvalue weighted by Gasteiger charge is 2.22. The Morgan fingerprint density at radius 2 is 1.63 bits per heavy atom. The van der Waals surface area contributed by atoms with Crippen molar-refractivity contribution in [2.45, 2.75) is 17.2 Å². The third-order valence-corrected chi connectivity index (χ3v) is 5.08. The zero-order valence-corrected chi connectivity index (χ0v) is 12.1. The maximum absolute atomic E-state index is 12.3. The minimum atomic E-state index is -3.49. The fourth-order valence-electron chi connectivity index (χ4n) is 2.10. The first-order chi connectivity index (χ1) is 8.85. The van der Waals surface area contributed by atoms with Gasteiger partial charge < -0.3 is 10.6 Å². The predicted molar refractivity (Wildman–Crippen MR) is 79.1 cm³/mol. The molecule has 0 aliphatic rings. The van der Waals surface area contributed by atoms with Crippen molar-refractivity contribution < 1.29 is 8.42 Å². The average molecular weight is 278 g/mol. The molecule has 4 nitrogen and oxygen atoms in total. The van der Waals surface area contributed by atoms with E-state index in [-0.39, 0.29) is 0 Å². The topological polar surface area (TPSA) is 63.4 Å². The van der Waals surface area contributed by atoms with Gasteiger partial charge in [0.2, 0.25) is 0 Å². The molecule has 102 valence electrons. The fourth-order valence-corrected chi connectivity index (χ4v) is 3.26. The molecule has 0 aliphatic heterocycles. The molecule has 0 saturated heterocycles. The SMILES string of the molecule is CC(N)S(=O)(=O)c1cccc2c(N(C)C)cccc12. The number of hydrogen-bond donors (Lipinski definition) is 1. The molecule has 0 spiro atoms. The highest BCUT2D eigenvalue weighted by Crippen LogP contribution is 2.31. The van der Waals surface area contributed by atoms with E-state index < -0.39 is 15.2 Å². The first-order valence-electron chi connectivity index (χ1n) is 6.04. The molecule has 0 radical (unpaired) electrons. The van der Waals surface area contributed by atoms with E-state index in [1.807, 2.05) is 43.3 Å². The van der Waals surface area contributed by atoms with Crippen molar-refractivity contribution in [1.29, 1.82) is 0 Å². The molecule has 0 aromatic heterocycles. The van der Waals surface area contributed by atoms with E-state index in [4.69, 9.17) is 5.73 Å². The average Bonchev–Trinajstić information content (AvgIpc) is 2.36. The van der Waals surface area contributed by atoms with Gasteiger partial charge in [-0.25, -0.2) is 8.42 Å². The number of hydrogen-bond acceptors (Lipinski definition) is 4. The Morgan fingerprint density at radius 1 is 1.05 bits per heavy atom. The summed E-state index contributed by atoms with van der Waals surface area (Å²) in [6.45, 7) is 1.49. The molecule has 0 amide bonds. The van der Waals surface area contributed by atoms with Gasteiger partial charge in [0.25, 0.3) is 0 Å². The predicted octanol–water partition coefficient (Wildman–Crippen LogP) is 1.98. The normalized spacial score (nSPS) is 13.5. The molecule has 0 saturated carbocycles. The number of benzene rings is 2. The number of nitrogens with zero attached hydrogens (tertiary/aromatic N) is 1. The van der Waals surface area contributed by atoms with E-state index in [0.717, 1.165) is 11.1 Å². The van der Waals surface area contributed by atoms with Gasteiger partial charge in [-0.15, -0.1) is 0 Å². The number of anilines is 1. The van der Waals surface area contributed by atoms with Gasteiger partial charge in [-0.3, -0.25) is 0 Å². The van der Waals surface area contributed by atoms with Crippen LogP contribution in [0, 0.1) is 0 Å². The first kappa shape index (κ1) is 13.8. The van der Waals surface area contributed by atoms with E-state index in [2.05, 4.69) is 0 Å². The molecule has 1 atom stereocenters. The summed E-state index contributed by atoms with van der Waals surface area (Å²) in [6, 6.07) is 10.9. The monoisotopic (exact) mass is 278 g/mol. The first-order valence-corrected chi connectivity index (χ1v) is 7.59. The zero-order valence-electron chi connectivity index (χ0n) is 11.3. The fraction of sp³-hybridized carbons (Fsp3) is 0.286. The van der Waals surface area contributed by atoms with Crippen LogP contribution in [-0.4, -0.2) is 27.9 Å². The second-order valence-electron chi connectivity index (χ2n) is 4.77. The molecule has 2 aromatic rings. The summed E-state index contributed by atoms with van der Waals surface area (Å²) in [5.41, 5.74) is 6.58. The van der Waals surface area contributed by atoms with Crippen molar-refractivity contribution in [1.82, 2.24) is 0 Å². The third-order valence-electron chi connectivity index (χ3n) is 3.14. The quantitative estimate of drug-likeness (QED) is 0.932. The molecule has 2 aromatic carbocycles. The highest BCUT2D eigenvalue weighted by atomic mass is 32.2. The third kappa shape index (κ3) is 2.31. The maximum atomic E-state index is 12.3. The second-order valence-corrected chi connectivity index (χ2v) is 7.05. The Bertz CT molecular complexity index is 706. The minimum absolute atomic E-state index is 0.295. The van der Waals surface area contributed by atoms with Crippen LogP contribution in [0.2, 0.25) is 0 Å². The van der Waals surface area contributed by atoms with Crippen LogP contribution in [0.5, 0.6) is 0 Å². The van der Waals surface area contributed by atoms with Gasteiger partial charge in [-0.05, 0) is 19.1 Å². The summed E-state index contributed by atoms with van der Waals surface area (Å²) in [5, 5.41) is 0.710. The molecule has 2 rings (SSSR count). The molecule has 0 bridgehead atoms. The van der Waals surface area contributed by atoms with Gasteiger partial charge in [-0.1, -0.05) is 24.3 Å². The van der Waals surface area contributed by atoms with Crippen LogP contribution in [0.4, 0.5) is 5.69 Å². The lowest BCUT2D eigenvalue weighted by Gasteiger charge is -2.17.